The zero-order valence-electron chi connectivity index (χ0n) is 19.4. The van der Waals surface area contributed by atoms with Crippen LogP contribution in [-0.4, -0.2) is 76.0 Å². The van der Waals surface area contributed by atoms with Crippen LogP contribution < -0.4 is 19.1 Å². The summed E-state index contributed by atoms with van der Waals surface area (Å²) in [5.74, 6) is -3.96. The third-order valence-electron chi connectivity index (χ3n) is 6.13. The van der Waals surface area contributed by atoms with E-state index in [4.69, 9.17) is 4.74 Å². The Hall–Kier alpha value is -2.69. The number of rotatable bonds is 6. The lowest BCUT2D eigenvalue weighted by atomic mass is 10.1. The predicted molar refractivity (Wildman–Crippen MR) is 123 cm³/mol. The van der Waals surface area contributed by atoms with Gasteiger partial charge in [-0.2, -0.15) is 26.6 Å². The highest BCUT2D eigenvalue weighted by Crippen LogP contribution is 2.39. The first-order valence-electron chi connectivity index (χ1n) is 11.1. The Morgan fingerprint density at radius 2 is 1.70 bits per heavy atom. The van der Waals surface area contributed by atoms with Crippen molar-refractivity contribution >= 4 is 42.6 Å². The van der Waals surface area contributed by atoms with Crippen LogP contribution in [-0.2, 0) is 20.0 Å². The Labute approximate surface area is 209 Å². The first-order valence-corrected chi connectivity index (χ1v) is 14.3. The fourth-order valence-electron chi connectivity index (χ4n) is 4.03. The van der Waals surface area contributed by atoms with Gasteiger partial charge in [0, 0.05) is 43.4 Å². The molecule has 0 radical (unpaired) electrons. The highest BCUT2D eigenvalue weighted by atomic mass is 32.2. The third kappa shape index (κ3) is 6.08. The van der Waals surface area contributed by atoms with E-state index in [2.05, 4.69) is 19.5 Å². The van der Waals surface area contributed by atoms with Crippen molar-refractivity contribution in [2.75, 3.05) is 41.9 Å². The molecule has 2 aliphatic rings. The molecule has 0 spiro atoms. The Morgan fingerprint density at radius 3 is 2.27 bits per heavy atom. The minimum atomic E-state index is -6.03. The number of halogens is 5. The number of methoxy groups -OCH3 is 1. The number of nitrogens with one attached hydrogen (secondary N) is 1. The topological polar surface area (TPSA) is 128 Å². The highest BCUT2D eigenvalue weighted by molar-refractivity contribution is 7.91. The van der Waals surface area contributed by atoms with Crippen molar-refractivity contribution < 1.29 is 47.7 Å². The van der Waals surface area contributed by atoms with Gasteiger partial charge in [0.1, 0.15) is 15.7 Å². The largest absolute Gasteiger partial charge is 0.534 e. The Kier molecular flexibility index (Phi) is 7.07. The number of hydrogen-bond acceptors (Lipinski definition) is 10. The van der Waals surface area contributed by atoms with Crippen molar-refractivity contribution in [1.29, 1.82) is 0 Å². The molecule has 2 aromatic rings. The number of hydrogen-bond donors (Lipinski definition) is 1. The van der Waals surface area contributed by atoms with Crippen LogP contribution in [0.5, 0.6) is 11.5 Å². The maximum absolute atomic E-state index is 13.7. The zero-order valence-corrected chi connectivity index (χ0v) is 21.0. The van der Waals surface area contributed by atoms with Crippen LogP contribution >= 0.6 is 0 Å². The van der Waals surface area contributed by atoms with E-state index >= 15 is 0 Å². The summed E-state index contributed by atoms with van der Waals surface area (Å²) < 4.78 is 122. The molecular weight excluding hydrogens is 551 g/mol. The van der Waals surface area contributed by atoms with Crippen LogP contribution in [0.25, 0.3) is 10.9 Å². The number of alkyl halides is 5. The van der Waals surface area contributed by atoms with Crippen molar-refractivity contribution in [2.24, 2.45) is 0 Å². The zero-order chi connectivity index (χ0) is 27.2. The van der Waals surface area contributed by atoms with Gasteiger partial charge in [-0.05, 0) is 18.9 Å². The first kappa shape index (κ1) is 27.3. The molecule has 3 heterocycles. The van der Waals surface area contributed by atoms with Crippen molar-refractivity contribution in [3.63, 3.8) is 0 Å². The summed E-state index contributed by atoms with van der Waals surface area (Å²) in [7, 11) is -8.11. The summed E-state index contributed by atoms with van der Waals surface area (Å²) in [6.45, 7) is -0.191. The van der Waals surface area contributed by atoms with Crippen LogP contribution in [0.2, 0.25) is 0 Å². The van der Waals surface area contributed by atoms with Gasteiger partial charge in [-0.15, -0.1) is 0 Å². The number of ether oxygens (including phenoxy) is 1. The molecule has 206 valence electrons. The minimum Gasteiger partial charge on any atom is -0.493 e. The fraction of sp³-hybridized carbons (Fsp3) is 0.600. The van der Waals surface area contributed by atoms with E-state index in [1.54, 1.807) is 0 Å². The quantitative estimate of drug-likeness (QED) is 0.312. The minimum absolute atomic E-state index is 0.0104. The van der Waals surface area contributed by atoms with Gasteiger partial charge >= 0.3 is 15.6 Å². The second-order valence-electron chi connectivity index (χ2n) is 8.79. The Bertz CT molecular complexity index is 1380. The molecule has 0 unspecified atom stereocenters. The molecule has 2 aliphatic heterocycles. The van der Waals surface area contributed by atoms with E-state index in [0.29, 0.717) is 0 Å². The molecule has 2 fully saturated rings. The second-order valence-corrected chi connectivity index (χ2v) is 12.6. The number of anilines is 2. The molecule has 1 aromatic carbocycles. The van der Waals surface area contributed by atoms with Crippen LogP contribution in [0.15, 0.2) is 12.1 Å². The van der Waals surface area contributed by atoms with Crippen LogP contribution in [0.1, 0.15) is 25.7 Å². The lowest BCUT2D eigenvalue weighted by Gasteiger charge is -2.32. The molecule has 0 saturated carbocycles. The number of benzene rings is 1. The molecule has 37 heavy (non-hydrogen) atoms. The fourth-order valence-corrected chi connectivity index (χ4v) is 5.98. The molecule has 1 aromatic heterocycles. The van der Waals surface area contributed by atoms with Gasteiger partial charge in [0.2, 0.25) is 5.95 Å². The number of aromatic nitrogens is 2. The molecular formula is C20H23F5N4O6S2. The molecule has 0 atom stereocenters. The summed E-state index contributed by atoms with van der Waals surface area (Å²) in [6.07, 6.45) is -0.389. The van der Waals surface area contributed by atoms with Gasteiger partial charge in [0.15, 0.2) is 11.5 Å². The summed E-state index contributed by atoms with van der Waals surface area (Å²) in [5.41, 5.74) is -5.74. The Balaban J connectivity index is 1.78. The SMILES string of the molecule is COc1cc2c(NC3CCS(=O)(=O)CC3)nc(N3CCC(F)(F)CC3)nc2cc1OS(=O)(=O)C(F)(F)F. The molecule has 0 amide bonds. The predicted octanol–water partition coefficient (Wildman–Crippen LogP) is 3.09. The highest BCUT2D eigenvalue weighted by Gasteiger charge is 2.49. The molecule has 1 N–H and O–H groups in total. The van der Waals surface area contributed by atoms with Gasteiger partial charge in [0.25, 0.3) is 5.92 Å². The van der Waals surface area contributed by atoms with E-state index < -0.39 is 50.0 Å². The van der Waals surface area contributed by atoms with Gasteiger partial charge in [0.05, 0.1) is 24.1 Å². The number of fused-ring (bicyclic) bond motifs is 1. The van der Waals surface area contributed by atoms with Crippen molar-refractivity contribution in [3.8, 4) is 11.5 Å². The average molecular weight is 575 g/mol. The van der Waals surface area contributed by atoms with Gasteiger partial charge in [-0.3, -0.25) is 0 Å². The monoisotopic (exact) mass is 574 g/mol. The molecule has 17 heteroatoms. The lowest BCUT2D eigenvalue weighted by molar-refractivity contribution is -0.0500. The summed E-state index contributed by atoms with van der Waals surface area (Å²) >= 11 is 0. The number of nitrogens with zero attached hydrogens (tertiary/aromatic N) is 3. The van der Waals surface area contributed by atoms with Gasteiger partial charge < -0.3 is 19.1 Å². The van der Waals surface area contributed by atoms with Crippen LogP contribution in [0.3, 0.4) is 0 Å². The van der Waals surface area contributed by atoms with E-state index in [0.717, 1.165) is 13.2 Å². The molecule has 0 bridgehead atoms. The van der Waals surface area contributed by atoms with Crippen molar-refractivity contribution in [1.82, 2.24) is 9.97 Å². The normalized spacial score (nSPS) is 20.5. The van der Waals surface area contributed by atoms with E-state index in [-0.39, 0.29) is 71.9 Å². The van der Waals surface area contributed by atoms with E-state index in [1.165, 1.54) is 11.0 Å². The van der Waals surface area contributed by atoms with Crippen LogP contribution in [0.4, 0.5) is 33.7 Å². The second kappa shape index (κ2) is 9.56. The molecule has 10 nitrogen and oxygen atoms in total. The Morgan fingerprint density at radius 1 is 1.08 bits per heavy atom. The third-order valence-corrected chi connectivity index (χ3v) is 8.81. The van der Waals surface area contributed by atoms with Crippen LogP contribution in [0, 0.1) is 0 Å². The van der Waals surface area contributed by atoms with Crippen molar-refractivity contribution in [2.45, 2.75) is 43.2 Å². The maximum Gasteiger partial charge on any atom is 0.534 e. The summed E-state index contributed by atoms with van der Waals surface area (Å²) in [4.78, 5) is 10.2. The standard InChI is InChI=1S/C20H23F5N4O6S2/c1-34-15-10-13-14(11-16(15)35-37(32,33)20(23,24)25)27-18(29-6-4-19(21,22)5-7-29)28-17(13)26-12-2-8-36(30,31)9-3-12/h10-12H,2-9H2,1H3,(H,26,27,28). The molecule has 4 rings (SSSR count). The molecule has 0 aliphatic carbocycles. The van der Waals surface area contributed by atoms with E-state index in [9.17, 15) is 38.8 Å². The molecule has 2 saturated heterocycles. The van der Waals surface area contributed by atoms with Gasteiger partial charge in [-0.25, -0.2) is 22.2 Å². The number of piperidine rings is 1. The van der Waals surface area contributed by atoms with E-state index in [1.807, 2.05) is 0 Å². The van der Waals surface area contributed by atoms with Gasteiger partial charge in [-0.1, -0.05) is 0 Å². The lowest BCUT2D eigenvalue weighted by Crippen LogP contribution is -2.40. The smallest absolute Gasteiger partial charge is 0.493 e. The maximum atomic E-state index is 13.7. The summed E-state index contributed by atoms with van der Waals surface area (Å²) in [6, 6.07) is 1.79. The number of sulfone groups is 1. The first-order chi connectivity index (χ1) is 17.1. The average Bonchev–Trinajstić information content (AvgIpc) is 2.79. The van der Waals surface area contributed by atoms with Crippen molar-refractivity contribution in [3.05, 3.63) is 12.1 Å². The summed E-state index contributed by atoms with van der Waals surface area (Å²) in [5, 5.41) is 3.33.